The van der Waals surface area contributed by atoms with Crippen molar-refractivity contribution in [1.29, 1.82) is 0 Å². The number of nitrogens with one attached hydrogen (secondary N) is 2. The lowest BCUT2D eigenvalue weighted by atomic mass is 10.1. The first-order valence-electron chi connectivity index (χ1n) is 9.78. The van der Waals surface area contributed by atoms with Crippen molar-refractivity contribution in [3.8, 4) is 0 Å². The normalized spacial score (nSPS) is 23.7. The number of fused-ring (bicyclic) bond motifs is 1. The summed E-state index contributed by atoms with van der Waals surface area (Å²) in [7, 11) is 0. The highest BCUT2D eigenvalue weighted by Gasteiger charge is 2.27. The molecular weight excluding hydrogens is 316 g/mol. The number of likely N-dealkylation sites (tertiary alicyclic amines) is 1. The molecule has 140 valence electrons. The number of aryl methyl sites for hydroxylation is 2. The molecule has 2 N–H and O–H groups in total. The Balaban J connectivity index is 1.51. The van der Waals surface area contributed by atoms with Gasteiger partial charge in [-0.15, -0.1) is 0 Å². The monoisotopic (exact) mass is 348 g/mol. The van der Waals surface area contributed by atoms with E-state index in [4.69, 9.17) is 0 Å². The first kappa shape index (κ1) is 18.2. The topological polar surface area (TPSA) is 75.1 Å². The second-order valence-electron chi connectivity index (χ2n) is 7.70. The van der Waals surface area contributed by atoms with Crippen LogP contribution in [0.25, 0.3) is 0 Å². The Kier molecular flexibility index (Phi) is 5.93. The number of hydrogen-bond acceptors (Lipinski definition) is 4. The van der Waals surface area contributed by atoms with E-state index in [-0.39, 0.29) is 12.1 Å². The maximum atomic E-state index is 12.4. The van der Waals surface area contributed by atoms with Crippen LogP contribution in [0.15, 0.2) is 0 Å². The van der Waals surface area contributed by atoms with E-state index in [1.807, 2.05) is 4.68 Å². The van der Waals surface area contributed by atoms with Gasteiger partial charge in [0.05, 0.1) is 6.04 Å². The maximum absolute atomic E-state index is 12.4. The molecule has 1 saturated heterocycles. The average molecular weight is 348 g/mol. The van der Waals surface area contributed by atoms with Crippen LogP contribution in [0.4, 0.5) is 4.79 Å². The van der Waals surface area contributed by atoms with E-state index in [0.717, 1.165) is 57.1 Å². The van der Waals surface area contributed by atoms with Crippen LogP contribution in [0.5, 0.6) is 0 Å². The molecule has 0 spiro atoms. The van der Waals surface area contributed by atoms with Gasteiger partial charge in [0.15, 0.2) is 5.82 Å². The molecule has 2 amide bonds. The van der Waals surface area contributed by atoms with Gasteiger partial charge >= 0.3 is 6.03 Å². The lowest BCUT2D eigenvalue weighted by Gasteiger charge is -2.27. The van der Waals surface area contributed by atoms with Crippen molar-refractivity contribution in [2.45, 2.75) is 71.5 Å². The summed E-state index contributed by atoms with van der Waals surface area (Å²) in [5, 5.41) is 10.7. The molecule has 1 aromatic rings. The molecule has 7 nitrogen and oxygen atoms in total. The Hall–Kier alpha value is -1.63. The first-order valence-corrected chi connectivity index (χ1v) is 9.78. The highest BCUT2D eigenvalue weighted by Crippen LogP contribution is 2.23. The largest absolute Gasteiger partial charge is 0.337 e. The van der Waals surface area contributed by atoms with Crippen molar-refractivity contribution < 1.29 is 4.79 Å². The zero-order valence-electron chi connectivity index (χ0n) is 15.8. The van der Waals surface area contributed by atoms with E-state index in [1.165, 1.54) is 12.8 Å². The van der Waals surface area contributed by atoms with Gasteiger partial charge in [0.1, 0.15) is 5.82 Å². The number of carbonyl (C=O) groups excluding carboxylic acids is 1. The van der Waals surface area contributed by atoms with Crippen LogP contribution in [-0.4, -0.2) is 51.4 Å². The van der Waals surface area contributed by atoms with Crippen LogP contribution >= 0.6 is 0 Å². The molecule has 7 heteroatoms. The van der Waals surface area contributed by atoms with Gasteiger partial charge < -0.3 is 10.6 Å². The van der Waals surface area contributed by atoms with Crippen molar-refractivity contribution in [3.63, 3.8) is 0 Å². The first-order chi connectivity index (χ1) is 12.1. The van der Waals surface area contributed by atoms with Gasteiger partial charge in [0.2, 0.25) is 0 Å². The Morgan fingerprint density at radius 1 is 1.28 bits per heavy atom. The highest BCUT2D eigenvalue weighted by atomic mass is 16.2. The fourth-order valence-corrected chi connectivity index (χ4v) is 3.94. The van der Waals surface area contributed by atoms with Crippen LogP contribution < -0.4 is 10.6 Å². The minimum atomic E-state index is -0.0871. The number of amides is 2. The summed E-state index contributed by atoms with van der Waals surface area (Å²) < 4.78 is 1.95. The fourth-order valence-electron chi connectivity index (χ4n) is 3.94. The molecule has 1 aromatic heterocycles. The summed E-state index contributed by atoms with van der Waals surface area (Å²) >= 11 is 0. The third kappa shape index (κ3) is 4.51. The van der Waals surface area contributed by atoms with Crippen LogP contribution in [-0.2, 0) is 13.0 Å². The van der Waals surface area contributed by atoms with Crippen molar-refractivity contribution in [1.82, 2.24) is 30.3 Å². The molecular formula is C18H32N6O. The van der Waals surface area contributed by atoms with Crippen LogP contribution in [0, 0.1) is 5.92 Å². The Labute approximate surface area is 150 Å². The zero-order chi connectivity index (χ0) is 17.8. The molecule has 0 unspecified atom stereocenters. The standard InChI is InChI=1S/C18H32N6O/c1-4-16-21-17-15(8-6-10-24(17)22-16)20-18(25)19-11-14-7-5-9-23(14)12-13(2)3/h13-15H,4-12H2,1-3H3,(H2,19,20,25)/t14-,15+/m0/s1. The second-order valence-corrected chi connectivity index (χ2v) is 7.70. The predicted molar refractivity (Wildman–Crippen MR) is 97.3 cm³/mol. The predicted octanol–water partition coefficient (Wildman–Crippen LogP) is 2.09. The number of rotatable bonds is 6. The van der Waals surface area contributed by atoms with Gasteiger partial charge in [0, 0.05) is 32.1 Å². The lowest BCUT2D eigenvalue weighted by Crippen LogP contribution is -2.46. The summed E-state index contributed by atoms with van der Waals surface area (Å²) in [5.74, 6) is 2.43. The molecule has 0 bridgehead atoms. The molecule has 25 heavy (non-hydrogen) atoms. The van der Waals surface area contributed by atoms with Crippen molar-refractivity contribution in [3.05, 3.63) is 11.6 Å². The minimum absolute atomic E-state index is 0.0307. The number of hydrogen-bond donors (Lipinski definition) is 2. The van der Waals surface area contributed by atoms with Gasteiger partial charge in [-0.25, -0.2) is 14.5 Å². The van der Waals surface area contributed by atoms with Crippen molar-refractivity contribution in [2.75, 3.05) is 19.6 Å². The molecule has 2 aliphatic heterocycles. The lowest BCUT2D eigenvalue weighted by molar-refractivity contribution is 0.210. The zero-order valence-corrected chi connectivity index (χ0v) is 15.8. The van der Waals surface area contributed by atoms with Crippen LogP contribution in [0.3, 0.4) is 0 Å². The maximum Gasteiger partial charge on any atom is 0.315 e. The number of carbonyl (C=O) groups is 1. The number of urea groups is 1. The second kappa shape index (κ2) is 8.17. The van der Waals surface area contributed by atoms with E-state index >= 15 is 0 Å². The van der Waals surface area contributed by atoms with Gasteiger partial charge in [-0.3, -0.25) is 4.90 Å². The summed E-state index contributed by atoms with van der Waals surface area (Å²) in [6, 6.07) is 0.350. The summed E-state index contributed by atoms with van der Waals surface area (Å²) in [6.45, 7) is 10.4. The van der Waals surface area contributed by atoms with Crippen molar-refractivity contribution in [2.24, 2.45) is 5.92 Å². The number of nitrogens with zero attached hydrogens (tertiary/aromatic N) is 4. The van der Waals surface area contributed by atoms with E-state index in [0.29, 0.717) is 12.0 Å². The number of aromatic nitrogens is 3. The molecule has 0 aromatic carbocycles. The van der Waals surface area contributed by atoms with E-state index < -0.39 is 0 Å². The van der Waals surface area contributed by atoms with Gasteiger partial charge in [-0.05, 0) is 38.1 Å². The highest BCUT2D eigenvalue weighted by molar-refractivity contribution is 5.74. The van der Waals surface area contributed by atoms with Crippen molar-refractivity contribution >= 4 is 6.03 Å². The van der Waals surface area contributed by atoms with E-state index in [9.17, 15) is 4.79 Å². The molecule has 3 rings (SSSR count). The SMILES string of the molecule is CCc1nc2n(n1)CCC[C@H]2NC(=O)NC[C@@H]1CCCN1CC(C)C. The molecule has 3 heterocycles. The minimum Gasteiger partial charge on any atom is -0.337 e. The fraction of sp³-hybridized carbons (Fsp3) is 0.833. The molecule has 0 saturated carbocycles. The Morgan fingerprint density at radius 2 is 2.08 bits per heavy atom. The van der Waals surface area contributed by atoms with E-state index in [1.54, 1.807) is 0 Å². The summed E-state index contributed by atoms with van der Waals surface area (Å²) in [5.41, 5.74) is 0. The van der Waals surface area contributed by atoms with Gasteiger partial charge in [-0.1, -0.05) is 20.8 Å². The molecule has 0 aliphatic carbocycles. The Bertz CT molecular complexity index is 584. The third-order valence-electron chi connectivity index (χ3n) is 5.14. The molecule has 1 fully saturated rings. The smallest absolute Gasteiger partial charge is 0.315 e. The average Bonchev–Trinajstić information content (AvgIpc) is 3.19. The third-order valence-corrected chi connectivity index (χ3v) is 5.14. The molecule has 2 atom stereocenters. The van der Waals surface area contributed by atoms with Gasteiger partial charge in [0.25, 0.3) is 0 Å². The Morgan fingerprint density at radius 3 is 2.84 bits per heavy atom. The van der Waals surface area contributed by atoms with Crippen LogP contribution in [0.1, 0.15) is 64.1 Å². The van der Waals surface area contributed by atoms with Gasteiger partial charge in [-0.2, -0.15) is 5.10 Å². The summed E-state index contributed by atoms with van der Waals surface area (Å²) in [6.07, 6.45) is 5.18. The quantitative estimate of drug-likeness (QED) is 0.825. The van der Waals surface area contributed by atoms with E-state index in [2.05, 4.69) is 46.4 Å². The van der Waals surface area contributed by atoms with Crippen LogP contribution in [0.2, 0.25) is 0 Å². The summed E-state index contributed by atoms with van der Waals surface area (Å²) in [4.78, 5) is 19.5. The molecule has 0 radical (unpaired) electrons. The molecule has 2 aliphatic rings.